The maximum absolute atomic E-state index is 13.4. The molecule has 17 heavy (non-hydrogen) atoms. The molecule has 0 radical (unpaired) electrons. The molecule has 88 valence electrons. The van der Waals surface area contributed by atoms with Crippen molar-refractivity contribution in [2.45, 2.75) is 13.0 Å². The Morgan fingerprint density at radius 3 is 2.12 bits per heavy atom. The topological polar surface area (TPSA) is 25.8 Å². The average molecular weight is 250 g/mol. The van der Waals surface area contributed by atoms with E-state index in [1.54, 1.807) is 12.4 Å². The summed E-state index contributed by atoms with van der Waals surface area (Å²) in [6.45, 7) is 1.40. The Labute approximate surface area is 101 Å². The van der Waals surface area contributed by atoms with Crippen LogP contribution in [0, 0.1) is 18.6 Å². The molecule has 2 nitrogen and oxygen atoms in total. The summed E-state index contributed by atoms with van der Waals surface area (Å²) >= 11 is 0. The van der Waals surface area contributed by atoms with E-state index in [0.717, 1.165) is 21.9 Å². The van der Waals surface area contributed by atoms with Crippen molar-refractivity contribution < 1.29 is 8.78 Å². The average Bonchev–Trinajstić information content (AvgIpc) is 2.35. The van der Waals surface area contributed by atoms with Gasteiger partial charge < -0.3 is 0 Å². The number of halogens is 2. The van der Waals surface area contributed by atoms with Crippen molar-refractivity contribution in [3.05, 3.63) is 47.3 Å². The van der Waals surface area contributed by atoms with Crippen LogP contribution < -0.4 is 0 Å². The van der Waals surface area contributed by atoms with E-state index in [1.165, 1.54) is 19.1 Å². The van der Waals surface area contributed by atoms with Crippen LogP contribution in [0.25, 0.3) is 11.4 Å². The van der Waals surface area contributed by atoms with E-state index in [1.807, 2.05) is 0 Å². The summed E-state index contributed by atoms with van der Waals surface area (Å²) < 4.78 is 26.8. The van der Waals surface area contributed by atoms with Crippen molar-refractivity contribution in [3.63, 3.8) is 0 Å². The lowest BCUT2D eigenvalue weighted by Gasteiger charge is -2.04. The maximum Gasteiger partial charge on any atom is 0.159 e. The third-order valence-electron chi connectivity index (χ3n) is 2.65. The largest absolute Gasteiger partial charge is 0.236 e. The third-order valence-corrected chi connectivity index (χ3v) is 3.47. The molecule has 0 unspecified atom stereocenters. The van der Waals surface area contributed by atoms with Crippen LogP contribution in [-0.4, -0.2) is 20.2 Å². The number of hydrogen-bond acceptors (Lipinski definition) is 2. The summed E-state index contributed by atoms with van der Waals surface area (Å²) in [6.07, 6.45) is 3.40. The highest BCUT2D eigenvalue weighted by atomic mass is 28.1. The Bertz CT molecular complexity index is 518. The molecule has 0 aliphatic rings. The molecule has 0 amide bonds. The molecule has 2 aromatic rings. The number of aromatic nitrogens is 2. The molecule has 2 rings (SSSR count). The molecular formula is C12H12F2N2Si. The second kappa shape index (κ2) is 4.71. The van der Waals surface area contributed by atoms with Gasteiger partial charge in [0, 0.05) is 33.8 Å². The molecule has 0 atom stereocenters. The van der Waals surface area contributed by atoms with Gasteiger partial charge in [-0.05, 0) is 30.7 Å². The molecule has 5 heteroatoms. The normalized spacial score (nSPS) is 10.8. The SMILES string of the molecule is Cc1c(F)cc(-c2ncc(C[SiH3])cn2)cc1F. The zero-order valence-corrected chi connectivity index (χ0v) is 11.7. The van der Waals surface area contributed by atoms with E-state index in [9.17, 15) is 8.78 Å². The Hall–Kier alpha value is -1.62. The lowest BCUT2D eigenvalue weighted by atomic mass is 10.1. The third kappa shape index (κ3) is 2.39. The van der Waals surface area contributed by atoms with Gasteiger partial charge in [-0.15, -0.1) is 0 Å². The second-order valence-electron chi connectivity index (χ2n) is 3.83. The molecule has 0 bridgehead atoms. The Kier molecular flexibility index (Phi) is 3.28. The Morgan fingerprint density at radius 2 is 1.65 bits per heavy atom. The predicted molar refractivity (Wildman–Crippen MR) is 65.8 cm³/mol. The quantitative estimate of drug-likeness (QED) is 0.757. The van der Waals surface area contributed by atoms with Gasteiger partial charge in [0.2, 0.25) is 0 Å². The van der Waals surface area contributed by atoms with Crippen LogP contribution in [0.5, 0.6) is 0 Å². The van der Waals surface area contributed by atoms with Crippen molar-refractivity contribution in [1.29, 1.82) is 0 Å². The summed E-state index contributed by atoms with van der Waals surface area (Å²) in [5, 5.41) is 0. The maximum atomic E-state index is 13.4. The first-order valence-corrected chi connectivity index (χ1v) is 6.80. The van der Waals surface area contributed by atoms with Gasteiger partial charge in [0.1, 0.15) is 11.6 Å². The fraction of sp³-hybridized carbons (Fsp3) is 0.167. The van der Waals surface area contributed by atoms with E-state index in [-0.39, 0.29) is 5.56 Å². The molecule has 0 saturated heterocycles. The first-order valence-electron chi connectivity index (χ1n) is 5.38. The number of benzene rings is 1. The highest BCUT2D eigenvalue weighted by molar-refractivity contribution is 6.08. The highest BCUT2D eigenvalue weighted by Gasteiger charge is 2.09. The van der Waals surface area contributed by atoms with Crippen LogP contribution in [0.1, 0.15) is 11.1 Å². The summed E-state index contributed by atoms with van der Waals surface area (Å²) in [5.41, 5.74) is 1.43. The predicted octanol–water partition coefficient (Wildman–Crippen LogP) is 1.60. The number of nitrogens with zero attached hydrogens (tertiary/aromatic N) is 2. The second-order valence-corrected chi connectivity index (χ2v) is 4.54. The van der Waals surface area contributed by atoms with Crippen LogP contribution in [0.3, 0.4) is 0 Å². The van der Waals surface area contributed by atoms with Gasteiger partial charge in [0.15, 0.2) is 5.82 Å². The molecular weight excluding hydrogens is 238 g/mol. The highest BCUT2D eigenvalue weighted by Crippen LogP contribution is 2.21. The fourth-order valence-electron chi connectivity index (χ4n) is 1.46. The minimum atomic E-state index is -0.574. The first kappa shape index (κ1) is 11.9. The van der Waals surface area contributed by atoms with Gasteiger partial charge in [-0.25, -0.2) is 18.7 Å². The minimum absolute atomic E-state index is 0.0185. The van der Waals surface area contributed by atoms with Gasteiger partial charge in [0.25, 0.3) is 0 Å². The molecule has 1 heterocycles. The van der Waals surface area contributed by atoms with Crippen molar-refractivity contribution in [2.75, 3.05) is 0 Å². The summed E-state index contributed by atoms with van der Waals surface area (Å²) in [5.74, 6) is -0.798. The number of rotatable bonds is 2. The van der Waals surface area contributed by atoms with Gasteiger partial charge in [-0.3, -0.25) is 0 Å². The zero-order chi connectivity index (χ0) is 12.4. The van der Waals surface area contributed by atoms with Crippen LogP contribution >= 0.6 is 0 Å². The molecule has 0 saturated carbocycles. The van der Waals surface area contributed by atoms with E-state index in [4.69, 9.17) is 0 Å². The first-order chi connectivity index (χ1) is 8.11. The van der Waals surface area contributed by atoms with Gasteiger partial charge in [0.05, 0.1) is 0 Å². The molecule has 1 aromatic heterocycles. The summed E-state index contributed by atoms with van der Waals surface area (Å²) in [7, 11) is 1.04. The van der Waals surface area contributed by atoms with Gasteiger partial charge >= 0.3 is 0 Å². The smallest absolute Gasteiger partial charge is 0.159 e. The lowest BCUT2D eigenvalue weighted by Crippen LogP contribution is -1.95. The van der Waals surface area contributed by atoms with Crippen molar-refractivity contribution in [1.82, 2.24) is 9.97 Å². The van der Waals surface area contributed by atoms with E-state index < -0.39 is 11.6 Å². The fourth-order valence-corrected chi connectivity index (χ4v) is 1.83. The van der Waals surface area contributed by atoms with Crippen LogP contribution in [0.15, 0.2) is 24.5 Å². The molecule has 0 aliphatic carbocycles. The van der Waals surface area contributed by atoms with Crippen molar-refractivity contribution in [2.24, 2.45) is 0 Å². The van der Waals surface area contributed by atoms with Crippen LogP contribution in [0.2, 0.25) is 0 Å². The number of hydrogen-bond donors (Lipinski definition) is 0. The summed E-state index contributed by atoms with van der Waals surface area (Å²) in [4.78, 5) is 8.22. The molecule has 1 aromatic carbocycles. The van der Waals surface area contributed by atoms with Crippen LogP contribution in [-0.2, 0) is 6.04 Å². The minimum Gasteiger partial charge on any atom is -0.236 e. The van der Waals surface area contributed by atoms with Gasteiger partial charge in [-0.2, -0.15) is 0 Å². The lowest BCUT2D eigenvalue weighted by molar-refractivity contribution is 0.568. The van der Waals surface area contributed by atoms with Gasteiger partial charge in [-0.1, -0.05) is 0 Å². The zero-order valence-electron chi connectivity index (χ0n) is 9.67. The van der Waals surface area contributed by atoms with E-state index in [0.29, 0.717) is 11.4 Å². The molecule has 0 spiro atoms. The van der Waals surface area contributed by atoms with E-state index >= 15 is 0 Å². The molecule has 0 N–H and O–H groups in total. The summed E-state index contributed by atoms with van der Waals surface area (Å²) in [6, 6.07) is 3.49. The Morgan fingerprint density at radius 1 is 1.12 bits per heavy atom. The van der Waals surface area contributed by atoms with E-state index in [2.05, 4.69) is 9.97 Å². The molecule has 0 fully saturated rings. The van der Waals surface area contributed by atoms with Crippen molar-refractivity contribution >= 4 is 10.2 Å². The molecule has 0 aliphatic heterocycles. The van der Waals surface area contributed by atoms with Crippen molar-refractivity contribution in [3.8, 4) is 11.4 Å². The Balaban J connectivity index is 2.45. The monoisotopic (exact) mass is 250 g/mol. The standard InChI is InChI=1S/C12H12F2N2Si/c1-7-10(13)2-9(3-11(7)14)12-15-4-8(6-17)5-16-12/h2-5H,6H2,1,17H3. The van der Waals surface area contributed by atoms with Crippen LogP contribution in [0.4, 0.5) is 8.78 Å².